The standard InChI is InChI=1S/C21H15N3O2S/c22-14-15-6-5-8-17(12-15)27(25,26)24-20-11-4-2-9-18(20)21-13-16-7-1-3-10-19(16)23-21/h1-13,23-24H. The molecule has 4 rings (SSSR count). The Balaban J connectivity index is 1.76. The number of sulfonamides is 1. The Morgan fingerprint density at radius 3 is 2.48 bits per heavy atom. The average molecular weight is 373 g/mol. The summed E-state index contributed by atoms with van der Waals surface area (Å²) in [5.41, 5.74) is 3.30. The molecule has 4 aromatic rings. The number of aromatic amines is 1. The van der Waals surface area contributed by atoms with Gasteiger partial charge in [0.05, 0.1) is 22.2 Å². The van der Waals surface area contributed by atoms with Gasteiger partial charge in [-0.3, -0.25) is 4.72 Å². The van der Waals surface area contributed by atoms with E-state index in [2.05, 4.69) is 9.71 Å². The van der Waals surface area contributed by atoms with Crippen molar-refractivity contribution in [3.63, 3.8) is 0 Å². The van der Waals surface area contributed by atoms with E-state index in [1.807, 2.05) is 48.5 Å². The van der Waals surface area contributed by atoms with Crippen LogP contribution >= 0.6 is 0 Å². The molecule has 0 amide bonds. The van der Waals surface area contributed by atoms with Crippen molar-refractivity contribution < 1.29 is 8.42 Å². The summed E-state index contributed by atoms with van der Waals surface area (Å²) in [5, 5.41) is 10.1. The van der Waals surface area contributed by atoms with Gasteiger partial charge in [-0.2, -0.15) is 5.26 Å². The van der Waals surface area contributed by atoms with Crippen LogP contribution in [-0.2, 0) is 10.0 Å². The van der Waals surface area contributed by atoms with Crippen LogP contribution in [0.2, 0.25) is 0 Å². The molecular weight excluding hydrogens is 358 g/mol. The number of hydrogen-bond acceptors (Lipinski definition) is 3. The lowest BCUT2D eigenvalue weighted by atomic mass is 10.1. The molecule has 0 unspecified atom stereocenters. The van der Waals surface area contributed by atoms with Crippen LogP contribution in [0.4, 0.5) is 5.69 Å². The lowest BCUT2D eigenvalue weighted by Crippen LogP contribution is -2.13. The summed E-state index contributed by atoms with van der Waals surface area (Å²) in [6, 6.07) is 24.9. The van der Waals surface area contributed by atoms with E-state index in [4.69, 9.17) is 5.26 Å². The molecule has 0 radical (unpaired) electrons. The van der Waals surface area contributed by atoms with Crippen molar-refractivity contribution in [2.45, 2.75) is 4.90 Å². The van der Waals surface area contributed by atoms with Crippen LogP contribution in [0.25, 0.3) is 22.2 Å². The van der Waals surface area contributed by atoms with E-state index in [1.54, 1.807) is 24.3 Å². The first-order chi connectivity index (χ1) is 13.1. The lowest BCUT2D eigenvalue weighted by molar-refractivity contribution is 0.601. The van der Waals surface area contributed by atoms with E-state index in [1.165, 1.54) is 12.1 Å². The molecular formula is C21H15N3O2S. The van der Waals surface area contributed by atoms with Gasteiger partial charge in [-0.05, 0) is 36.4 Å². The number of rotatable bonds is 4. The lowest BCUT2D eigenvalue weighted by Gasteiger charge is -2.12. The molecule has 132 valence electrons. The van der Waals surface area contributed by atoms with Crippen molar-refractivity contribution in [3.05, 3.63) is 84.4 Å². The minimum atomic E-state index is -3.82. The van der Waals surface area contributed by atoms with Gasteiger partial charge in [0, 0.05) is 22.2 Å². The van der Waals surface area contributed by atoms with Crippen molar-refractivity contribution >= 4 is 26.6 Å². The Morgan fingerprint density at radius 2 is 1.67 bits per heavy atom. The molecule has 0 aliphatic carbocycles. The Labute approximate surface area is 157 Å². The third kappa shape index (κ3) is 3.28. The largest absolute Gasteiger partial charge is 0.354 e. The summed E-state index contributed by atoms with van der Waals surface area (Å²) >= 11 is 0. The summed E-state index contributed by atoms with van der Waals surface area (Å²) in [6.45, 7) is 0. The molecule has 5 nitrogen and oxygen atoms in total. The minimum absolute atomic E-state index is 0.0491. The van der Waals surface area contributed by atoms with Crippen LogP contribution in [-0.4, -0.2) is 13.4 Å². The highest BCUT2D eigenvalue weighted by Gasteiger charge is 2.17. The van der Waals surface area contributed by atoms with E-state index in [9.17, 15) is 8.42 Å². The number of para-hydroxylation sites is 2. The Morgan fingerprint density at radius 1 is 0.889 bits per heavy atom. The first kappa shape index (κ1) is 16.9. The molecule has 0 atom stereocenters. The fourth-order valence-corrected chi connectivity index (χ4v) is 4.09. The maximum atomic E-state index is 12.8. The predicted octanol–water partition coefficient (Wildman–Crippen LogP) is 4.51. The molecule has 27 heavy (non-hydrogen) atoms. The van der Waals surface area contributed by atoms with Crippen LogP contribution in [0.1, 0.15) is 5.56 Å². The van der Waals surface area contributed by atoms with Crippen molar-refractivity contribution in [2.24, 2.45) is 0 Å². The van der Waals surface area contributed by atoms with Crippen LogP contribution in [0.3, 0.4) is 0 Å². The summed E-state index contributed by atoms with van der Waals surface area (Å²) in [6.07, 6.45) is 0. The van der Waals surface area contributed by atoms with Crippen LogP contribution in [0.5, 0.6) is 0 Å². The molecule has 0 saturated carbocycles. The van der Waals surface area contributed by atoms with Gasteiger partial charge in [0.1, 0.15) is 0 Å². The molecule has 0 aliphatic rings. The zero-order chi connectivity index (χ0) is 18.9. The zero-order valence-electron chi connectivity index (χ0n) is 14.2. The molecule has 0 fully saturated rings. The molecule has 6 heteroatoms. The van der Waals surface area contributed by atoms with Gasteiger partial charge >= 0.3 is 0 Å². The van der Waals surface area contributed by atoms with Gasteiger partial charge < -0.3 is 4.98 Å². The van der Waals surface area contributed by atoms with E-state index < -0.39 is 10.0 Å². The fourth-order valence-electron chi connectivity index (χ4n) is 2.96. The molecule has 0 spiro atoms. The van der Waals surface area contributed by atoms with Crippen molar-refractivity contribution in [2.75, 3.05) is 4.72 Å². The summed E-state index contributed by atoms with van der Waals surface area (Å²) in [5.74, 6) is 0. The van der Waals surface area contributed by atoms with Crippen molar-refractivity contribution in [1.29, 1.82) is 5.26 Å². The van der Waals surface area contributed by atoms with Crippen molar-refractivity contribution in [3.8, 4) is 17.3 Å². The van der Waals surface area contributed by atoms with Gasteiger partial charge in [0.2, 0.25) is 0 Å². The zero-order valence-corrected chi connectivity index (χ0v) is 15.0. The number of fused-ring (bicyclic) bond motifs is 1. The number of H-pyrrole nitrogens is 1. The molecule has 3 aromatic carbocycles. The topological polar surface area (TPSA) is 85.8 Å². The second-order valence-corrected chi connectivity index (χ2v) is 7.74. The fraction of sp³-hybridized carbons (Fsp3) is 0. The number of nitriles is 1. The summed E-state index contributed by atoms with van der Waals surface area (Å²) in [7, 11) is -3.82. The molecule has 0 saturated heterocycles. The number of nitrogens with one attached hydrogen (secondary N) is 2. The average Bonchev–Trinajstić information content (AvgIpc) is 3.12. The van der Waals surface area contributed by atoms with E-state index in [0.717, 1.165) is 22.2 Å². The summed E-state index contributed by atoms with van der Waals surface area (Å²) in [4.78, 5) is 3.37. The van der Waals surface area contributed by atoms with Gasteiger partial charge in [0.15, 0.2) is 0 Å². The highest BCUT2D eigenvalue weighted by atomic mass is 32.2. The van der Waals surface area contributed by atoms with Crippen LogP contribution in [0, 0.1) is 11.3 Å². The highest BCUT2D eigenvalue weighted by Crippen LogP contribution is 2.31. The van der Waals surface area contributed by atoms with Crippen molar-refractivity contribution in [1.82, 2.24) is 4.98 Å². The number of hydrogen-bond donors (Lipinski definition) is 2. The third-order valence-corrected chi connectivity index (χ3v) is 5.63. The third-order valence-electron chi connectivity index (χ3n) is 4.26. The molecule has 1 aromatic heterocycles. The number of benzene rings is 3. The van der Waals surface area contributed by atoms with Crippen LogP contribution < -0.4 is 4.72 Å². The highest BCUT2D eigenvalue weighted by molar-refractivity contribution is 7.92. The predicted molar refractivity (Wildman–Crippen MR) is 106 cm³/mol. The van der Waals surface area contributed by atoms with Gasteiger partial charge in [-0.1, -0.05) is 42.5 Å². The smallest absolute Gasteiger partial charge is 0.261 e. The number of anilines is 1. The molecule has 0 aliphatic heterocycles. The molecule has 0 bridgehead atoms. The second-order valence-electron chi connectivity index (χ2n) is 6.06. The quantitative estimate of drug-likeness (QED) is 0.552. The first-order valence-corrected chi connectivity index (χ1v) is 9.75. The van der Waals surface area contributed by atoms with Crippen LogP contribution in [0.15, 0.2) is 83.8 Å². The first-order valence-electron chi connectivity index (χ1n) is 8.27. The Kier molecular flexibility index (Phi) is 4.15. The summed E-state index contributed by atoms with van der Waals surface area (Å²) < 4.78 is 28.2. The maximum Gasteiger partial charge on any atom is 0.261 e. The number of nitrogens with zero attached hydrogens (tertiary/aromatic N) is 1. The van der Waals surface area contributed by atoms with E-state index in [-0.39, 0.29) is 4.90 Å². The SMILES string of the molecule is N#Cc1cccc(S(=O)(=O)Nc2ccccc2-c2cc3ccccc3[nH]2)c1. The van der Waals surface area contributed by atoms with Gasteiger partial charge in [-0.15, -0.1) is 0 Å². The molecule has 2 N–H and O–H groups in total. The Bertz CT molecular complexity index is 1250. The second kappa shape index (κ2) is 6.63. The normalized spacial score (nSPS) is 11.2. The maximum absolute atomic E-state index is 12.8. The Hall–Kier alpha value is -3.56. The van der Waals surface area contributed by atoms with E-state index in [0.29, 0.717) is 11.3 Å². The van der Waals surface area contributed by atoms with Gasteiger partial charge in [0.25, 0.3) is 10.0 Å². The molecule has 1 heterocycles. The number of aromatic nitrogens is 1. The van der Waals surface area contributed by atoms with Gasteiger partial charge in [-0.25, -0.2) is 8.42 Å². The monoisotopic (exact) mass is 373 g/mol. The minimum Gasteiger partial charge on any atom is -0.354 e. The van der Waals surface area contributed by atoms with E-state index >= 15 is 0 Å².